The predicted molar refractivity (Wildman–Crippen MR) is 94.1 cm³/mol. The largest absolute Gasteiger partial charge is 0.454 e. The van der Waals surface area contributed by atoms with Crippen LogP contribution in [0.4, 0.5) is 18.9 Å². The Labute approximate surface area is 157 Å². The van der Waals surface area contributed by atoms with Gasteiger partial charge in [-0.25, -0.2) is 13.2 Å². The highest BCUT2D eigenvalue weighted by Gasteiger charge is 2.24. The SMILES string of the molecule is CN1C=C(c2cc([N+](=O)[O-])ccc2Oc2ccc(F)cc2F)C(F)=CC1Cl. The highest BCUT2D eigenvalue weighted by Crippen LogP contribution is 2.39. The molecule has 0 spiro atoms. The van der Waals surface area contributed by atoms with Crippen LogP contribution >= 0.6 is 11.6 Å². The third-order valence-corrected chi connectivity index (χ3v) is 4.27. The minimum atomic E-state index is -0.967. The van der Waals surface area contributed by atoms with Crippen LogP contribution in [0.1, 0.15) is 5.56 Å². The molecule has 0 bridgehead atoms. The Morgan fingerprint density at radius 2 is 1.85 bits per heavy atom. The van der Waals surface area contributed by atoms with Gasteiger partial charge in [0.25, 0.3) is 5.69 Å². The van der Waals surface area contributed by atoms with Gasteiger partial charge in [-0.3, -0.25) is 10.1 Å². The van der Waals surface area contributed by atoms with Crippen molar-refractivity contribution in [2.75, 3.05) is 7.05 Å². The Morgan fingerprint density at radius 1 is 1.15 bits per heavy atom. The first-order chi connectivity index (χ1) is 12.8. The lowest BCUT2D eigenvalue weighted by Gasteiger charge is -2.25. The van der Waals surface area contributed by atoms with E-state index >= 15 is 0 Å². The van der Waals surface area contributed by atoms with Crippen LogP contribution in [0.25, 0.3) is 5.57 Å². The van der Waals surface area contributed by atoms with Crippen molar-refractivity contribution in [2.45, 2.75) is 5.50 Å². The summed E-state index contributed by atoms with van der Waals surface area (Å²) in [5.74, 6) is -2.82. The normalized spacial score (nSPS) is 16.6. The number of nitro benzene ring substituents is 1. The van der Waals surface area contributed by atoms with Crippen molar-refractivity contribution in [3.8, 4) is 11.5 Å². The zero-order valence-electron chi connectivity index (χ0n) is 13.8. The zero-order chi connectivity index (χ0) is 19.7. The van der Waals surface area contributed by atoms with Gasteiger partial charge in [0.15, 0.2) is 11.6 Å². The molecule has 2 aromatic rings. The molecule has 0 N–H and O–H groups in total. The Kier molecular flexibility index (Phi) is 5.09. The fourth-order valence-electron chi connectivity index (χ4n) is 2.47. The monoisotopic (exact) mass is 396 g/mol. The van der Waals surface area contributed by atoms with E-state index in [4.69, 9.17) is 16.3 Å². The summed E-state index contributed by atoms with van der Waals surface area (Å²) in [5.41, 5.74) is -1.03. The second kappa shape index (κ2) is 7.32. The molecule has 1 aliphatic heterocycles. The third-order valence-electron chi connectivity index (χ3n) is 3.84. The fourth-order valence-corrected chi connectivity index (χ4v) is 2.64. The van der Waals surface area contributed by atoms with Gasteiger partial charge in [-0.2, -0.15) is 0 Å². The van der Waals surface area contributed by atoms with Crippen LogP contribution in [0.15, 0.2) is 54.5 Å². The van der Waals surface area contributed by atoms with Crippen LogP contribution in [0, 0.1) is 21.7 Å². The number of halogens is 4. The molecule has 0 aromatic heterocycles. The summed E-state index contributed by atoms with van der Waals surface area (Å²) in [6.45, 7) is 0. The lowest BCUT2D eigenvalue weighted by molar-refractivity contribution is -0.384. The van der Waals surface area contributed by atoms with E-state index in [0.717, 1.165) is 30.3 Å². The Hall–Kier alpha value is -3.00. The fraction of sp³-hybridized carbons (Fsp3) is 0.111. The van der Waals surface area contributed by atoms with Gasteiger partial charge in [0, 0.05) is 42.6 Å². The molecule has 0 fully saturated rings. The lowest BCUT2D eigenvalue weighted by Crippen LogP contribution is -2.23. The summed E-state index contributed by atoms with van der Waals surface area (Å²) >= 11 is 5.94. The predicted octanol–water partition coefficient (Wildman–Crippen LogP) is 5.37. The number of ether oxygens (including phenoxy) is 1. The van der Waals surface area contributed by atoms with Crippen molar-refractivity contribution in [3.05, 3.63) is 81.8 Å². The summed E-state index contributed by atoms with van der Waals surface area (Å²) in [7, 11) is 1.60. The maximum atomic E-state index is 14.5. The summed E-state index contributed by atoms with van der Waals surface area (Å²) < 4.78 is 46.9. The van der Waals surface area contributed by atoms with Gasteiger partial charge in [-0.1, -0.05) is 11.6 Å². The van der Waals surface area contributed by atoms with Crippen LogP contribution in [0.2, 0.25) is 0 Å². The number of hydrogen-bond acceptors (Lipinski definition) is 4. The van der Waals surface area contributed by atoms with E-state index in [1.54, 1.807) is 7.05 Å². The Morgan fingerprint density at radius 3 is 2.52 bits per heavy atom. The molecule has 0 amide bonds. The summed E-state index contributed by atoms with van der Waals surface area (Å²) in [4.78, 5) is 11.9. The Balaban J connectivity index is 2.11. The Bertz CT molecular complexity index is 978. The molecular formula is C18H12ClF3N2O3. The molecule has 3 rings (SSSR count). The number of non-ortho nitro benzene ring substituents is 1. The summed E-state index contributed by atoms with van der Waals surface area (Å²) in [5, 5.41) is 11.1. The first-order valence-corrected chi connectivity index (χ1v) is 8.07. The van der Waals surface area contributed by atoms with E-state index < -0.39 is 27.9 Å². The molecule has 140 valence electrons. The van der Waals surface area contributed by atoms with Crippen molar-refractivity contribution >= 4 is 22.9 Å². The maximum absolute atomic E-state index is 14.5. The van der Waals surface area contributed by atoms with Crippen molar-refractivity contribution in [3.63, 3.8) is 0 Å². The second-order valence-electron chi connectivity index (χ2n) is 5.71. The first kappa shape index (κ1) is 18.8. The zero-order valence-corrected chi connectivity index (χ0v) is 14.6. The van der Waals surface area contributed by atoms with Gasteiger partial charge in [-0.15, -0.1) is 0 Å². The van der Waals surface area contributed by atoms with Crippen LogP contribution in [0.3, 0.4) is 0 Å². The van der Waals surface area contributed by atoms with E-state index in [9.17, 15) is 23.3 Å². The topological polar surface area (TPSA) is 55.6 Å². The molecule has 1 unspecified atom stereocenters. The van der Waals surface area contributed by atoms with Crippen LogP contribution in [0.5, 0.6) is 11.5 Å². The number of rotatable bonds is 4. The van der Waals surface area contributed by atoms with Crippen LogP contribution < -0.4 is 4.74 Å². The van der Waals surface area contributed by atoms with Gasteiger partial charge in [0.2, 0.25) is 0 Å². The van der Waals surface area contributed by atoms with E-state index in [-0.39, 0.29) is 28.3 Å². The van der Waals surface area contributed by atoms with Gasteiger partial charge in [0.1, 0.15) is 22.9 Å². The number of benzene rings is 2. The molecule has 0 saturated heterocycles. The third kappa shape index (κ3) is 3.90. The van der Waals surface area contributed by atoms with Gasteiger partial charge < -0.3 is 9.64 Å². The molecule has 27 heavy (non-hydrogen) atoms. The summed E-state index contributed by atoms with van der Waals surface area (Å²) in [6, 6.07) is 6.16. The minimum Gasteiger partial charge on any atom is -0.454 e. The van der Waals surface area contributed by atoms with Gasteiger partial charge >= 0.3 is 0 Å². The molecule has 9 heteroatoms. The molecule has 1 atom stereocenters. The molecular weight excluding hydrogens is 385 g/mol. The first-order valence-electron chi connectivity index (χ1n) is 7.63. The summed E-state index contributed by atoms with van der Waals surface area (Å²) in [6.07, 6.45) is 2.48. The molecule has 0 saturated carbocycles. The lowest BCUT2D eigenvalue weighted by atomic mass is 10.0. The van der Waals surface area contributed by atoms with Crippen molar-refractivity contribution in [1.82, 2.24) is 4.90 Å². The van der Waals surface area contributed by atoms with E-state index in [1.165, 1.54) is 17.2 Å². The number of alkyl halides is 1. The molecule has 0 radical (unpaired) electrons. The van der Waals surface area contributed by atoms with Crippen LogP contribution in [-0.2, 0) is 0 Å². The molecule has 5 nitrogen and oxygen atoms in total. The van der Waals surface area contributed by atoms with Crippen LogP contribution in [-0.4, -0.2) is 22.4 Å². The number of nitro groups is 1. The van der Waals surface area contributed by atoms with Gasteiger partial charge in [-0.05, 0) is 24.3 Å². The highest BCUT2D eigenvalue weighted by atomic mass is 35.5. The molecule has 1 aliphatic rings. The standard InChI is InChI=1S/C18H12ClF3N2O3/c1-23-9-13(14(21)8-18(23)19)12-7-11(24(25)26)3-5-16(12)27-17-4-2-10(20)6-15(17)22/h2-9,18H,1H3. The highest BCUT2D eigenvalue weighted by molar-refractivity contribution is 6.22. The average molecular weight is 397 g/mol. The van der Waals surface area contributed by atoms with E-state index in [0.29, 0.717) is 6.07 Å². The van der Waals surface area contributed by atoms with E-state index in [2.05, 4.69) is 0 Å². The average Bonchev–Trinajstić information content (AvgIpc) is 2.60. The van der Waals surface area contributed by atoms with Crippen molar-refractivity contribution in [2.24, 2.45) is 0 Å². The van der Waals surface area contributed by atoms with Crippen molar-refractivity contribution in [1.29, 1.82) is 0 Å². The quantitative estimate of drug-likeness (QED) is 0.302. The molecule has 2 aromatic carbocycles. The molecule has 1 heterocycles. The number of likely N-dealkylation sites (N-methyl/N-ethyl adjacent to an activating group) is 1. The van der Waals surface area contributed by atoms with Gasteiger partial charge in [0.05, 0.1) is 4.92 Å². The number of hydrogen-bond donors (Lipinski definition) is 0. The maximum Gasteiger partial charge on any atom is 0.270 e. The number of allylic oxidation sites excluding steroid dienone is 2. The van der Waals surface area contributed by atoms with Crippen molar-refractivity contribution < 1.29 is 22.8 Å². The minimum absolute atomic E-state index is 0.0179. The number of nitrogens with zero attached hydrogens (tertiary/aromatic N) is 2. The smallest absolute Gasteiger partial charge is 0.270 e. The molecule has 0 aliphatic carbocycles. The second-order valence-corrected chi connectivity index (χ2v) is 6.16. The van der Waals surface area contributed by atoms with E-state index in [1.807, 2.05) is 0 Å².